The molecule has 0 bridgehead atoms. The van der Waals surface area contributed by atoms with E-state index in [1.807, 2.05) is 12.1 Å². The lowest BCUT2D eigenvalue weighted by atomic mass is 9.94. The van der Waals surface area contributed by atoms with Gasteiger partial charge in [-0.15, -0.1) is 0 Å². The number of methoxy groups -OCH3 is 2. The maximum atomic E-state index is 10.6. The Morgan fingerprint density at radius 3 is 2.52 bits per heavy atom. The molecule has 6 nitrogen and oxygen atoms in total. The van der Waals surface area contributed by atoms with Crippen molar-refractivity contribution >= 4 is 0 Å². The number of nitrogens with zero attached hydrogens (tertiary/aromatic N) is 2. The molecular formula is C19H26N2O4. The van der Waals surface area contributed by atoms with E-state index in [1.165, 1.54) is 0 Å². The van der Waals surface area contributed by atoms with Crippen molar-refractivity contribution in [1.82, 2.24) is 9.88 Å². The molecular weight excluding hydrogens is 320 g/mol. The van der Waals surface area contributed by atoms with Gasteiger partial charge in [0.05, 0.1) is 33.1 Å². The van der Waals surface area contributed by atoms with E-state index in [-0.39, 0.29) is 5.41 Å². The standard InChI is InChI=1S/C19H26N2O4/c1-19(2,3)16-8-20-17(25-16)11-21-9-12-14(23-4)6-7-15(24-5)18(12)13(22)10-21/h6-8,13,22H,9-11H2,1-5H3/t13-/m1/s1. The largest absolute Gasteiger partial charge is 0.496 e. The molecule has 0 saturated carbocycles. The van der Waals surface area contributed by atoms with E-state index in [0.29, 0.717) is 31.3 Å². The molecule has 0 unspecified atom stereocenters. The van der Waals surface area contributed by atoms with E-state index in [4.69, 9.17) is 13.9 Å². The average molecular weight is 346 g/mol. The number of benzene rings is 1. The van der Waals surface area contributed by atoms with Crippen LogP contribution in [0.4, 0.5) is 0 Å². The van der Waals surface area contributed by atoms with Crippen LogP contribution in [0, 0.1) is 0 Å². The van der Waals surface area contributed by atoms with Crippen molar-refractivity contribution in [3.8, 4) is 11.5 Å². The topological polar surface area (TPSA) is 68.0 Å². The first kappa shape index (κ1) is 17.8. The Balaban J connectivity index is 1.85. The molecule has 3 rings (SSSR count). The molecule has 136 valence electrons. The summed E-state index contributed by atoms with van der Waals surface area (Å²) in [5, 5.41) is 10.6. The number of hydrogen-bond donors (Lipinski definition) is 1. The van der Waals surface area contributed by atoms with Crippen LogP contribution < -0.4 is 9.47 Å². The SMILES string of the molecule is COc1ccc(OC)c2c1CN(Cc1ncc(C(C)(C)C)o1)C[C@H]2O. The first-order valence-corrected chi connectivity index (χ1v) is 8.43. The van der Waals surface area contributed by atoms with Crippen LogP contribution in [0.15, 0.2) is 22.7 Å². The van der Waals surface area contributed by atoms with Gasteiger partial charge in [-0.1, -0.05) is 20.8 Å². The molecule has 0 aliphatic carbocycles. The summed E-state index contributed by atoms with van der Waals surface area (Å²) in [5.74, 6) is 2.96. The molecule has 0 radical (unpaired) electrons. The number of β-amino-alcohol motifs (C(OH)–C–C–N with tert-alkyl or cyclic N) is 1. The highest BCUT2D eigenvalue weighted by Gasteiger charge is 2.30. The van der Waals surface area contributed by atoms with Crippen molar-refractivity contribution in [1.29, 1.82) is 0 Å². The summed E-state index contributed by atoms with van der Waals surface area (Å²) in [6.07, 6.45) is 1.14. The Morgan fingerprint density at radius 2 is 1.92 bits per heavy atom. The number of oxazole rings is 1. The zero-order valence-electron chi connectivity index (χ0n) is 15.5. The van der Waals surface area contributed by atoms with Crippen LogP contribution >= 0.6 is 0 Å². The fourth-order valence-corrected chi connectivity index (χ4v) is 3.19. The summed E-state index contributed by atoms with van der Waals surface area (Å²) >= 11 is 0. The maximum Gasteiger partial charge on any atom is 0.208 e. The summed E-state index contributed by atoms with van der Waals surface area (Å²) in [5.41, 5.74) is 1.68. The number of rotatable bonds is 4. The van der Waals surface area contributed by atoms with Crippen molar-refractivity contribution in [2.24, 2.45) is 0 Å². The van der Waals surface area contributed by atoms with Crippen molar-refractivity contribution in [3.63, 3.8) is 0 Å². The second-order valence-corrected chi connectivity index (χ2v) is 7.42. The minimum Gasteiger partial charge on any atom is -0.496 e. The van der Waals surface area contributed by atoms with Gasteiger partial charge in [-0.05, 0) is 12.1 Å². The molecule has 1 aliphatic rings. The van der Waals surface area contributed by atoms with Crippen molar-refractivity contribution in [3.05, 3.63) is 41.1 Å². The lowest BCUT2D eigenvalue weighted by Crippen LogP contribution is -2.33. The van der Waals surface area contributed by atoms with Crippen LogP contribution in [0.1, 0.15) is 49.7 Å². The van der Waals surface area contributed by atoms with Crippen molar-refractivity contribution in [2.75, 3.05) is 20.8 Å². The minimum absolute atomic E-state index is 0.0736. The highest BCUT2D eigenvalue weighted by atomic mass is 16.5. The number of fused-ring (bicyclic) bond motifs is 1. The summed E-state index contributed by atoms with van der Waals surface area (Å²) in [4.78, 5) is 6.49. The van der Waals surface area contributed by atoms with Gasteiger partial charge in [0.2, 0.25) is 5.89 Å². The van der Waals surface area contributed by atoms with Gasteiger partial charge in [0.15, 0.2) is 0 Å². The van der Waals surface area contributed by atoms with Gasteiger partial charge in [0, 0.05) is 29.6 Å². The van der Waals surface area contributed by atoms with Gasteiger partial charge < -0.3 is 19.0 Å². The lowest BCUT2D eigenvalue weighted by molar-refractivity contribution is 0.0788. The fraction of sp³-hybridized carbons (Fsp3) is 0.526. The monoisotopic (exact) mass is 346 g/mol. The summed E-state index contributed by atoms with van der Waals surface area (Å²) in [6, 6.07) is 3.71. The third kappa shape index (κ3) is 3.50. The lowest BCUT2D eigenvalue weighted by Gasteiger charge is -2.33. The Labute approximate surface area is 148 Å². The summed E-state index contributed by atoms with van der Waals surface area (Å²) < 4.78 is 16.8. The zero-order chi connectivity index (χ0) is 18.2. The highest BCUT2D eigenvalue weighted by molar-refractivity contribution is 5.51. The number of aromatic nitrogens is 1. The fourth-order valence-electron chi connectivity index (χ4n) is 3.19. The average Bonchev–Trinajstić information content (AvgIpc) is 3.02. The second-order valence-electron chi connectivity index (χ2n) is 7.42. The van der Waals surface area contributed by atoms with Crippen LogP contribution in [0.25, 0.3) is 0 Å². The number of aliphatic hydroxyl groups excluding tert-OH is 1. The van der Waals surface area contributed by atoms with Crippen LogP contribution in [-0.4, -0.2) is 35.8 Å². The normalized spacial score (nSPS) is 18.1. The Bertz CT molecular complexity index is 748. The molecule has 0 amide bonds. The molecule has 1 aliphatic heterocycles. The van der Waals surface area contributed by atoms with Crippen molar-refractivity contribution < 1.29 is 19.0 Å². The van der Waals surface area contributed by atoms with Gasteiger partial charge in [-0.3, -0.25) is 4.90 Å². The van der Waals surface area contributed by atoms with Crippen LogP contribution in [0.5, 0.6) is 11.5 Å². The highest BCUT2D eigenvalue weighted by Crippen LogP contribution is 2.39. The molecule has 0 fully saturated rings. The minimum atomic E-state index is -0.647. The molecule has 25 heavy (non-hydrogen) atoms. The molecule has 1 N–H and O–H groups in total. The van der Waals surface area contributed by atoms with Crippen molar-refractivity contribution in [2.45, 2.75) is 45.4 Å². The summed E-state index contributed by atoms with van der Waals surface area (Å²) in [6.45, 7) is 7.94. The van der Waals surface area contributed by atoms with Gasteiger partial charge >= 0.3 is 0 Å². The van der Waals surface area contributed by atoms with E-state index in [0.717, 1.165) is 22.6 Å². The van der Waals surface area contributed by atoms with E-state index in [9.17, 15) is 5.11 Å². The Kier molecular flexibility index (Phi) is 4.75. The number of aliphatic hydroxyl groups is 1. The van der Waals surface area contributed by atoms with Crippen LogP contribution in [0.3, 0.4) is 0 Å². The zero-order valence-corrected chi connectivity index (χ0v) is 15.5. The number of hydrogen-bond acceptors (Lipinski definition) is 6. The van der Waals surface area contributed by atoms with E-state index >= 15 is 0 Å². The molecule has 2 aromatic rings. The molecule has 6 heteroatoms. The third-order valence-electron chi connectivity index (χ3n) is 4.51. The van der Waals surface area contributed by atoms with Crippen LogP contribution in [0.2, 0.25) is 0 Å². The van der Waals surface area contributed by atoms with Gasteiger partial charge in [-0.2, -0.15) is 0 Å². The first-order chi connectivity index (χ1) is 11.8. The first-order valence-electron chi connectivity index (χ1n) is 8.43. The molecule has 0 spiro atoms. The molecule has 1 aromatic carbocycles. The molecule has 0 saturated heterocycles. The Morgan fingerprint density at radius 1 is 1.24 bits per heavy atom. The molecule has 2 heterocycles. The predicted octanol–water partition coefficient (Wildman–Crippen LogP) is 3.04. The molecule has 1 aromatic heterocycles. The van der Waals surface area contributed by atoms with Gasteiger partial charge in [0.1, 0.15) is 17.3 Å². The summed E-state index contributed by atoms with van der Waals surface area (Å²) in [7, 11) is 3.25. The predicted molar refractivity (Wildman–Crippen MR) is 93.8 cm³/mol. The van der Waals surface area contributed by atoms with E-state index < -0.39 is 6.10 Å². The van der Waals surface area contributed by atoms with E-state index in [2.05, 4.69) is 30.7 Å². The van der Waals surface area contributed by atoms with E-state index in [1.54, 1.807) is 20.4 Å². The van der Waals surface area contributed by atoms with Gasteiger partial charge in [0.25, 0.3) is 0 Å². The van der Waals surface area contributed by atoms with Crippen LogP contribution in [-0.2, 0) is 18.5 Å². The van der Waals surface area contributed by atoms with Gasteiger partial charge in [-0.25, -0.2) is 4.98 Å². The third-order valence-corrected chi connectivity index (χ3v) is 4.51. The molecule has 1 atom stereocenters. The quantitative estimate of drug-likeness (QED) is 0.918. The second kappa shape index (κ2) is 6.69. The Hall–Kier alpha value is -2.05. The maximum absolute atomic E-state index is 10.6. The number of ether oxygens (including phenoxy) is 2. The smallest absolute Gasteiger partial charge is 0.208 e.